The predicted molar refractivity (Wildman–Crippen MR) is 123 cm³/mol. The molecule has 30 heavy (non-hydrogen) atoms. The molecule has 0 fully saturated rings. The number of nitrogens with one attached hydrogen (secondary N) is 1. The number of amides is 1. The van der Waals surface area contributed by atoms with Gasteiger partial charge in [-0.15, -0.1) is 21.5 Å². The van der Waals surface area contributed by atoms with Crippen LogP contribution in [0.1, 0.15) is 16.4 Å². The predicted octanol–water partition coefficient (Wildman–Crippen LogP) is 5.15. The van der Waals surface area contributed by atoms with E-state index in [1.807, 2.05) is 66.9 Å². The van der Waals surface area contributed by atoms with Gasteiger partial charge in [0.05, 0.1) is 4.88 Å². The van der Waals surface area contributed by atoms with Crippen molar-refractivity contribution < 1.29 is 4.79 Å². The molecule has 2 aromatic heterocycles. The van der Waals surface area contributed by atoms with Crippen LogP contribution in [0.3, 0.4) is 0 Å². The molecular weight excluding hydrogens is 438 g/mol. The zero-order chi connectivity index (χ0) is 21.1. The summed E-state index contributed by atoms with van der Waals surface area (Å²) in [5, 5.41) is 13.8. The summed E-state index contributed by atoms with van der Waals surface area (Å²) >= 11 is 8.97. The van der Waals surface area contributed by atoms with Crippen molar-refractivity contribution in [3.63, 3.8) is 0 Å². The Labute approximate surface area is 187 Å². The van der Waals surface area contributed by atoms with Gasteiger partial charge in [-0.2, -0.15) is 0 Å². The van der Waals surface area contributed by atoms with Gasteiger partial charge < -0.3 is 11.2 Å². The second-order valence-electron chi connectivity index (χ2n) is 6.52. The molecular formula is C21H18ClN5OS2. The molecule has 2 aromatic carbocycles. The third kappa shape index (κ3) is 4.35. The number of thioether (sulfide) groups is 1. The lowest BCUT2D eigenvalue weighted by Gasteiger charge is -2.17. The van der Waals surface area contributed by atoms with Gasteiger partial charge in [-0.05, 0) is 41.6 Å². The molecule has 1 amide bonds. The van der Waals surface area contributed by atoms with Crippen LogP contribution >= 0.6 is 34.7 Å². The quantitative estimate of drug-likeness (QED) is 0.310. The maximum atomic E-state index is 13.2. The number of halogens is 1. The van der Waals surface area contributed by atoms with Crippen LogP contribution in [0.2, 0.25) is 5.02 Å². The average molecular weight is 456 g/mol. The molecule has 2 heterocycles. The molecule has 0 aliphatic carbocycles. The van der Waals surface area contributed by atoms with Crippen molar-refractivity contribution in [2.24, 2.45) is 0 Å². The summed E-state index contributed by atoms with van der Waals surface area (Å²) in [4.78, 5) is 14.1. The van der Waals surface area contributed by atoms with E-state index in [0.29, 0.717) is 21.7 Å². The number of nitrogens with zero attached hydrogens (tertiary/aromatic N) is 3. The Hall–Kier alpha value is -2.81. The minimum absolute atomic E-state index is 0.202. The van der Waals surface area contributed by atoms with Gasteiger partial charge in [0, 0.05) is 10.7 Å². The lowest BCUT2D eigenvalue weighted by molar-refractivity contribution is -0.115. The highest BCUT2D eigenvalue weighted by atomic mass is 35.5. The summed E-state index contributed by atoms with van der Waals surface area (Å²) in [6, 6.07) is 18.8. The Kier molecular flexibility index (Phi) is 6.08. The number of nitrogens with two attached hydrogens (primary N) is 1. The van der Waals surface area contributed by atoms with E-state index in [1.165, 1.54) is 27.8 Å². The Bertz CT molecular complexity index is 1160. The van der Waals surface area contributed by atoms with Gasteiger partial charge in [0.15, 0.2) is 5.82 Å². The van der Waals surface area contributed by atoms with Crippen molar-refractivity contribution in [2.75, 3.05) is 11.2 Å². The van der Waals surface area contributed by atoms with Crippen LogP contribution in [0, 0.1) is 6.92 Å². The minimum atomic E-state index is -0.575. The monoisotopic (exact) mass is 455 g/mol. The van der Waals surface area contributed by atoms with Crippen molar-refractivity contribution in [3.8, 4) is 10.7 Å². The summed E-state index contributed by atoms with van der Waals surface area (Å²) < 4.78 is 1.42. The number of anilines is 1. The van der Waals surface area contributed by atoms with Crippen molar-refractivity contribution in [2.45, 2.75) is 17.3 Å². The van der Waals surface area contributed by atoms with Crippen LogP contribution in [-0.2, 0) is 4.79 Å². The van der Waals surface area contributed by atoms with Crippen LogP contribution in [0.4, 0.5) is 5.69 Å². The number of nitrogen functional groups attached to an aromatic ring is 1. The summed E-state index contributed by atoms with van der Waals surface area (Å²) in [6.45, 7) is 1.91. The van der Waals surface area contributed by atoms with E-state index in [2.05, 4.69) is 15.5 Å². The summed E-state index contributed by atoms with van der Waals surface area (Å²) in [5.41, 5.74) is 2.41. The van der Waals surface area contributed by atoms with Crippen LogP contribution in [0.15, 0.2) is 71.2 Å². The number of thiophene rings is 1. The molecule has 0 saturated heterocycles. The van der Waals surface area contributed by atoms with Crippen molar-refractivity contribution >= 4 is 46.3 Å². The minimum Gasteiger partial charge on any atom is -0.335 e. The number of aryl methyl sites for hydroxylation is 1. The van der Waals surface area contributed by atoms with E-state index in [-0.39, 0.29) is 5.91 Å². The number of hydrogen-bond donors (Lipinski definition) is 2. The van der Waals surface area contributed by atoms with Crippen molar-refractivity contribution in [1.82, 2.24) is 14.9 Å². The zero-order valence-corrected chi connectivity index (χ0v) is 18.3. The number of rotatable bonds is 6. The number of carbonyl (C=O) groups is 1. The molecule has 0 bridgehead atoms. The molecule has 4 aromatic rings. The largest absolute Gasteiger partial charge is 0.335 e. The first kappa shape index (κ1) is 20.5. The fraction of sp³-hybridized carbons (Fsp3) is 0.0952. The van der Waals surface area contributed by atoms with Gasteiger partial charge in [0.25, 0.3) is 0 Å². The lowest BCUT2D eigenvalue weighted by Crippen LogP contribution is -2.20. The zero-order valence-electron chi connectivity index (χ0n) is 15.9. The Morgan fingerprint density at radius 2 is 1.97 bits per heavy atom. The third-order valence-electron chi connectivity index (χ3n) is 4.41. The first-order valence-electron chi connectivity index (χ1n) is 9.06. The summed E-state index contributed by atoms with van der Waals surface area (Å²) in [5.74, 6) is 6.60. The molecule has 4 rings (SSSR count). The van der Waals surface area contributed by atoms with Crippen molar-refractivity contribution in [1.29, 1.82) is 0 Å². The maximum Gasteiger partial charge on any atom is 0.242 e. The van der Waals surface area contributed by atoms with Gasteiger partial charge in [0.2, 0.25) is 11.1 Å². The van der Waals surface area contributed by atoms with Gasteiger partial charge in [-0.3, -0.25) is 4.79 Å². The number of aromatic nitrogens is 3. The number of benzene rings is 2. The van der Waals surface area contributed by atoms with Crippen LogP contribution in [0.25, 0.3) is 10.7 Å². The molecule has 152 valence electrons. The van der Waals surface area contributed by atoms with Crippen molar-refractivity contribution in [3.05, 3.63) is 82.2 Å². The van der Waals surface area contributed by atoms with Crippen LogP contribution < -0.4 is 11.2 Å². The highest BCUT2D eigenvalue weighted by Crippen LogP contribution is 2.36. The smallest absolute Gasteiger partial charge is 0.242 e. The molecule has 0 saturated carbocycles. The Balaban J connectivity index is 1.62. The molecule has 6 nitrogen and oxygen atoms in total. The van der Waals surface area contributed by atoms with E-state index in [0.717, 1.165) is 16.0 Å². The number of carbonyl (C=O) groups excluding carboxylic acids is 1. The molecule has 9 heteroatoms. The fourth-order valence-corrected chi connectivity index (χ4v) is 4.66. The fourth-order valence-electron chi connectivity index (χ4n) is 2.82. The Morgan fingerprint density at radius 3 is 2.67 bits per heavy atom. The molecule has 3 N–H and O–H groups in total. The Morgan fingerprint density at radius 1 is 1.17 bits per heavy atom. The normalized spacial score (nSPS) is 11.9. The molecule has 0 spiro atoms. The van der Waals surface area contributed by atoms with Gasteiger partial charge in [0.1, 0.15) is 5.25 Å². The highest BCUT2D eigenvalue weighted by molar-refractivity contribution is 8.00. The molecule has 0 aliphatic heterocycles. The van der Waals surface area contributed by atoms with E-state index in [4.69, 9.17) is 17.4 Å². The van der Waals surface area contributed by atoms with Gasteiger partial charge in [-0.1, -0.05) is 65.8 Å². The van der Waals surface area contributed by atoms with Gasteiger partial charge >= 0.3 is 0 Å². The van der Waals surface area contributed by atoms with E-state index >= 15 is 0 Å². The first-order chi connectivity index (χ1) is 14.5. The van der Waals surface area contributed by atoms with Crippen LogP contribution in [-0.4, -0.2) is 20.8 Å². The maximum absolute atomic E-state index is 13.2. The van der Waals surface area contributed by atoms with Gasteiger partial charge in [-0.25, -0.2) is 4.68 Å². The second kappa shape index (κ2) is 8.91. The second-order valence-corrected chi connectivity index (χ2v) is 8.94. The first-order valence-corrected chi connectivity index (χ1v) is 11.2. The average Bonchev–Trinajstić information content (AvgIpc) is 3.39. The summed E-state index contributed by atoms with van der Waals surface area (Å²) in [7, 11) is 0. The van der Waals surface area contributed by atoms with E-state index in [9.17, 15) is 4.79 Å². The van der Waals surface area contributed by atoms with Crippen LogP contribution in [0.5, 0.6) is 0 Å². The topological polar surface area (TPSA) is 85.8 Å². The SMILES string of the molecule is Cc1ccc(NC(=O)C(Sc2nnc(-c3cccs3)n2N)c2ccccc2)cc1Cl. The molecule has 0 aliphatic rings. The third-order valence-corrected chi connectivity index (χ3v) is 6.89. The van der Waals surface area contributed by atoms with E-state index in [1.54, 1.807) is 6.07 Å². The number of hydrogen-bond acceptors (Lipinski definition) is 6. The molecule has 0 radical (unpaired) electrons. The summed E-state index contributed by atoms with van der Waals surface area (Å²) in [6.07, 6.45) is 0. The lowest BCUT2D eigenvalue weighted by atomic mass is 10.1. The molecule has 1 unspecified atom stereocenters. The molecule has 1 atom stereocenters. The van der Waals surface area contributed by atoms with E-state index < -0.39 is 5.25 Å². The highest BCUT2D eigenvalue weighted by Gasteiger charge is 2.26. The standard InChI is InChI=1S/C21H18ClN5OS2/c1-13-9-10-15(12-16(13)22)24-20(28)18(14-6-3-2-4-7-14)30-21-26-25-19(27(21)23)17-8-5-11-29-17/h2-12,18H,23H2,1H3,(H,24,28).